The Balaban J connectivity index is 1.88. The Morgan fingerprint density at radius 1 is 1.00 bits per heavy atom. The van der Waals surface area contributed by atoms with Crippen LogP contribution in [0.4, 0.5) is 0 Å². The first-order valence-corrected chi connectivity index (χ1v) is 4.51. The third-order valence-electron chi connectivity index (χ3n) is 2.62. The van der Waals surface area contributed by atoms with Crippen LogP contribution >= 0.6 is 0 Å². The van der Waals surface area contributed by atoms with E-state index in [0.717, 1.165) is 6.04 Å². The van der Waals surface area contributed by atoms with Crippen LogP contribution in [0.25, 0.3) is 0 Å². The van der Waals surface area contributed by atoms with Gasteiger partial charge in [0.05, 0.1) is 0 Å². The molecule has 0 atom stereocenters. The van der Waals surface area contributed by atoms with Crippen molar-refractivity contribution in [3.8, 4) is 0 Å². The molecule has 0 aromatic heterocycles. The quantitative estimate of drug-likeness (QED) is 0.526. The first kappa shape index (κ1) is 6.38. The Morgan fingerprint density at radius 3 is 2.20 bits per heavy atom. The van der Waals surface area contributed by atoms with Crippen LogP contribution in [-0.4, -0.2) is 11.8 Å². The molecule has 0 aromatic rings. The van der Waals surface area contributed by atoms with Gasteiger partial charge in [0.15, 0.2) is 0 Å². The molecule has 0 saturated heterocycles. The van der Waals surface area contributed by atoms with Gasteiger partial charge in [-0.3, -0.25) is 4.99 Å². The molecule has 2 saturated carbocycles. The van der Waals surface area contributed by atoms with E-state index in [0.29, 0.717) is 0 Å². The van der Waals surface area contributed by atoms with Gasteiger partial charge in [0.2, 0.25) is 0 Å². The van der Waals surface area contributed by atoms with Crippen LogP contribution in [0.1, 0.15) is 44.9 Å². The maximum absolute atomic E-state index is 4.70. The molecule has 2 aliphatic rings. The molecule has 0 N–H and O–H groups in total. The van der Waals surface area contributed by atoms with Crippen LogP contribution in [0, 0.1) is 0 Å². The molecule has 0 bridgehead atoms. The summed E-state index contributed by atoms with van der Waals surface area (Å²) in [6, 6.07) is 0.744. The monoisotopic (exact) mass is 137 g/mol. The van der Waals surface area contributed by atoms with E-state index >= 15 is 0 Å². The molecule has 1 heteroatoms. The van der Waals surface area contributed by atoms with Crippen molar-refractivity contribution >= 4 is 5.71 Å². The largest absolute Gasteiger partial charge is 0.291 e. The number of rotatable bonds is 1. The van der Waals surface area contributed by atoms with Crippen molar-refractivity contribution in [2.75, 3.05) is 0 Å². The predicted octanol–water partition coefficient (Wildman–Crippen LogP) is 2.55. The van der Waals surface area contributed by atoms with Crippen LogP contribution in [0.5, 0.6) is 0 Å². The smallest absolute Gasteiger partial charge is 0.0499 e. The average Bonchev–Trinajstić information content (AvgIpc) is 2.29. The third-order valence-corrected chi connectivity index (χ3v) is 2.62. The van der Waals surface area contributed by atoms with E-state index in [9.17, 15) is 0 Å². The summed E-state index contributed by atoms with van der Waals surface area (Å²) in [5.41, 5.74) is 1.52. The molecule has 0 heterocycles. The van der Waals surface area contributed by atoms with Crippen molar-refractivity contribution < 1.29 is 0 Å². The number of hydrogen-bond acceptors (Lipinski definition) is 1. The first-order valence-electron chi connectivity index (χ1n) is 4.51. The minimum Gasteiger partial charge on any atom is -0.291 e. The molecule has 0 radical (unpaired) electrons. The second-order valence-corrected chi connectivity index (χ2v) is 3.49. The molecule has 2 rings (SSSR count). The summed E-state index contributed by atoms with van der Waals surface area (Å²) in [5, 5.41) is 0. The van der Waals surface area contributed by atoms with E-state index in [1.165, 1.54) is 50.7 Å². The average molecular weight is 137 g/mol. The summed E-state index contributed by atoms with van der Waals surface area (Å²) in [7, 11) is 0. The molecule has 10 heavy (non-hydrogen) atoms. The van der Waals surface area contributed by atoms with Gasteiger partial charge in [-0.25, -0.2) is 0 Å². The lowest BCUT2D eigenvalue weighted by Crippen LogP contribution is -2.16. The zero-order valence-electron chi connectivity index (χ0n) is 6.47. The molecule has 0 amide bonds. The first-order chi connectivity index (χ1) is 4.95. The second-order valence-electron chi connectivity index (χ2n) is 3.49. The number of hydrogen-bond donors (Lipinski definition) is 0. The van der Waals surface area contributed by atoms with Crippen molar-refractivity contribution in [2.24, 2.45) is 4.99 Å². The Labute approximate surface area is 62.5 Å². The SMILES string of the molecule is C1CCC(=NC2CCC2)C1. The van der Waals surface area contributed by atoms with Gasteiger partial charge in [-0.05, 0) is 44.9 Å². The highest BCUT2D eigenvalue weighted by atomic mass is 14.8. The van der Waals surface area contributed by atoms with E-state index in [-0.39, 0.29) is 0 Å². The highest BCUT2D eigenvalue weighted by Gasteiger charge is 2.17. The van der Waals surface area contributed by atoms with Crippen molar-refractivity contribution in [1.29, 1.82) is 0 Å². The maximum atomic E-state index is 4.70. The Morgan fingerprint density at radius 2 is 1.70 bits per heavy atom. The Hall–Kier alpha value is -0.330. The van der Waals surface area contributed by atoms with Crippen LogP contribution < -0.4 is 0 Å². The van der Waals surface area contributed by atoms with Crippen molar-refractivity contribution in [3.05, 3.63) is 0 Å². The van der Waals surface area contributed by atoms with Crippen molar-refractivity contribution in [1.82, 2.24) is 0 Å². The highest BCUT2D eigenvalue weighted by Crippen LogP contribution is 2.25. The van der Waals surface area contributed by atoms with Crippen molar-refractivity contribution in [3.63, 3.8) is 0 Å². The summed E-state index contributed by atoms with van der Waals surface area (Å²) in [6.07, 6.45) is 9.54. The van der Waals surface area contributed by atoms with Crippen molar-refractivity contribution in [2.45, 2.75) is 51.0 Å². The zero-order chi connectivity index (χ0) is 6.81. The van der Waals surface area contributed by atoms with Crippen LogP contribution in [-0.2, 0) is 0 Å². The number of aliphatic imine (C=N–C) groups is 1. The lowest BCUT2D eigenvalue weighted by atomic mass is 9.93. The van der Waals surface area contributed by atoms with Crippen LogP contribution in [0.2, 0.25) is 0 Å². The van der Waals surface area contributed by atoms with E-state index < -0.39 is 0 Å². The van der Waals surface area contributed by atoms with E-state index in [1.54, 1.807) is 0 Å². The summed E-state index contributed by atoms with van der Waals surface area (Å²) in [4.78, 5) is 4.70. The standard InChI is InChI=1S/C9H15N/c1-2-5-8(4-1)10-9-6-3-7-9/h9H,1-7H2. The maximum Gasteiger partial charge on any atom is 0.0499 e. The predicted molar refractivity (Wildman–Crippen MR) is 43.5 cm³/mol. The summed E-state index contributed by atoms with van der Waals surface area (Å²) < 4.78 is 0. The lowest BCUT2D eigenvalue weighted by Gasteiger charge is -2.21. The molecule has 0 aromatic carbocycles. The van der Waals surface area contributed by atoms with E-state index in [4.69, 9.17) is 4.99 Å². The van der Waals surface area contributed by atoms with Gasteiger partial charge in [-0.2, -0.15) is 0 Å². The number of nitrogens with zero attached hydrogens (tertiary/aromatic N) is 1. The molecule has 2 fully saturated rings. The Bertz CT molecular complexity index is 137. The molecular formula is C9H15N. The fraction of sp³-hybridized carbons (Fsp3) is 0.889. The zero-order valence-corrected chi connectivity index (χ0v) is 6.47. The normalized spacial score (nSPS) is 26.6. The second kappa shape index (κ2) is 2.73. The molecule has 1 nitrogen and oxygen atoms in total. The topological polar surface area (TPSA) is 12.4 Å². The fourth-order valence-electron chi connectivity index (χ4n) is 1.69. The minimum atomic E-state index is 0.744. The third kappa shape index (κ3) is 1.23. The van der Waals surface area contributed by atoms with Gasteiger partial charge >= 0.3 is 0 Å². The van der Waals surface area contributed by atoms with E-state index in [2.05, 4.69) is 0 Å². The minimum absolute atomic E-state index is 0.744. The van der Waals surface area contributed by atoms with E-state index in [1.807, 2.05) is 0 Å². The molecule has 0 spiro atoms. The highest BCUT2D eigenvalue weighted by molar-refractivity contribution is 5.86. The Kier molecular flexibility index (Phi) is 1.74. The van der Waals surface area contributed by atoms with Gasteiger partial charge in [0.25, 0.3) is 0 Å². The van der Waals surface area contributed by atoms with Gasteiger partial charge in [0.1, 0.15) is 0 Å². The summed E-state index contributed by atoms with van der Waals surface area (Å²) in [6.45, 7) is 0. The molecule has 0 aliphatic heterocycles. The van der Waals surface area contributed by atoms with Gasteiger partial charge in [-0.15, -0.1) is 0 Å². The van der Waals surface area contributed by atoms with Crippen LogP contribution in [0.15, 0.2) is 4.99 Å². The molecule has 56 valence electrons. The van der Waals surface area contributed by atoms with Gasteiger partial charge in [0, 0.05) is 11.8 Å². The fourth-order valence-corrected chi connectivity index (χ4v) is 1.69. The lowest BCUT2D eigenvalue weighted by molar-refractivity contribution is 0.419. The summed E-state index contributed by atoms with van der Waals surface area (Å²) >= 11 is 0. The molecule has 2 aliphatic carbocycles. The van der Waals surface area contributed by atoms with Gasteiger partial charge in [-0.1, -0.05) is 0 Å². The van der Waals surface area contributed by atoms with Crippen LogP contribution in [0.3, 0.4) is 0 Å². The summed E-state index contributed by atoms with van der Waals surface area (Å²) in [5.74, 6) is 0. The van der Waals surface area contributed by atoms with Gasteiger partial charge < -0.3 is 0 Å². The molecule has 0 unspecified atom stereocenters. The molecular weight excluding hydrogens is 122 g/mol.